The Morgan fingerprint density at radius 3 is 3.04 bits per heavy atom. The zero-order chi connectivity index (χ0) is 18.1. The molecule has 0 spiro atoms. The largest absolute Gasteiger partial charge is 0.488 e. The fourth-order valence-corrected chi connectivity index (χ4v) is 3.09. The second-order valence-corrected chi connectivity index (χ2v) is 6.17. The maximum absolute atomic E-state index is 12.5. The molecule has 1 aliphatic heterocycles. The lowest BCUT2D eigenvalue weighted by Crippen LogP contribution is -2.21. The standard InChI is InChI=1S/C20H16N4O2/c1-13-6-7-18-16(8-13)20-15(12-26-18)10-22-24(20)11-19(25)23-17-5-3-2-4-14(17)9-21/h2-8,10H,11-12H2,1H3,(H,23,25). The quantitative estimate of drug-likeness (QED) is 0.791. The molecule has 0 fully saturated rings. The first kappa shape index (κ1) is 15.9. The van der Waals surface area contributed by atoms with Gasteiger partial charge in [0.2, 0.25) is 5.91 Å². The van der Waals surface area contributed by atoms with Crippen molar-refractivity contribution in [3.8, 4) is 23.1 Å². The van der Waals surface area contributed by atoms with E-state index in [4.69, 9.17) is 10.00 Å². The van der Waals surface area contributed by atoms with Crippen LogP contribution in [-0.4, -0.2) is 15.7 Å². The minimum atomic E-state index is -0.237. The Hall–Kier alpha value is -3.59. The highest BCUT2D eigenvalue weighted by atomic mass is 16.5. The van der Waals surface area contributed by atoms with Gasteiger partial charge in [-0.15, -0.1) is 0 Å². The number of para-hydroxylation sites is 1. The summed E-state index contributed by atoms with van der Waals surface area (Å²) >= 11 is 0. The summed E-state index contributed by atoms with van der Waals surface area (Å²) in [5, 5.41) is 16.3. The van der Waals surface area contributed by atoms with Crippen LogP contribution in [0.5, 0.6) is 5.75 Å². The Bertz CT molecular complexity index is 1050. The number of rotatable bonds is 3. The molecule has 26 heavy (non-hydrogen) atoms. The average Bonchev–Trinajstić information content (AvgIpc) is 3.05. The molecule has 1 aliphatic rings. The molecule has 0 saturated heterocycles. The third kappa shape index (κ3) is 2.80. The molecular weight excluding hydrogens is 328 g/mol. The Balaban J connectivity index is 1.62. The number of fused-ring (bicyclic) bond motifs is 3. The summed E-state index contributed by atoms with van der Waals surface area (Å²) in [6.07, 6.45) is 1.73. The van der Waals surface area contributed by atoms with Crippen LogP contribution < -0.4 is 10.1 Å². The van der Waals surface area contributed by atoms with E-state index in [9.17, 15) is 4.79 Å². The van der Waals surface area contributed by atoms with Crippen molar-refractivity contribution in [3.63, 3.8) is 0 Å². The zero-order valence-electron chi connectivity index (χ0n) is 14.2. The van der Waals surface area contributed by atoms with Crippen LogP contribution in [0.4, 0.5) is 5.69 Å². The molecule has 0 saturated carbocycles. The zero-order valence-corrected chi connectivity index (χ0v) is 14.2. The first-order valence-corrected chi connectivity index (χ1v) is 8.23. The first-order valence-electron chi connectivity index (χ1n) is 8.23. The fraction of sp³-hybridized carbons (Fsp3) is 0.150. The van der Waals surface area contributed by atoms with Crippen molar-refractivity contribution in [2.24, 2.45) is 0 Å². The number of hydrogen-bond donors (Lipinski definition) is 1. The van der Waals surface area contributed by atoms with Gasteiger partial charge in [-0.25, -0.2) is 0 Å². The minimum Gasteiger partial charge on any atom is -0.488 e. The maximum Gasteiger partial charge on any atom is 0.246 e. The summed E-state index contributed by atoms with van der Waals surface area (Å²) in [5.41, 5.74) is 4.83. The van der Waals surface area contributed by atoms with Gasteiger partial charge in [-0.1, -0.05) is 23.8 Å². The number of anilines is 1. The number of benzene rings is 2. The SMILES string of the molecule is Cc1ccc2c(c1)-c1c(cnn1CC(=O)Nc1ccccc1C#N)CO2. The van der Waals surface area contributed by atoms with Gasteiger partial charge in [0.05, 0.1) is 23.1 Å². The normalized spacial score (nSPS) is 11.7. The van der Waals surface area contributed by atoms with E-state index >= 15 is 0 Å². The van der Waals surface area contributed by atoms with E-state index in [1.165, 1.54) is 0 Å². The summed E-state index contributed by atoms with van der Waals surface area (Å²) < 4.78 is 7.44. The molecule has 1 amide bonds. The van der Waals surface area contributed by atoms with Gasteiger partial charge in [0.25, 0.3) is 0 Å². The molecule has 6 heteroatoms. The van der Waals surface area contributed by atoms with E-state index in [0.717, 1.165) is 28.1 Å². The highest BCUT2D eigenvalue weighted by Crippen LogP contribution is 2.37. The second kappa shape index (κ2) is 6.37. The molecule has 1 N–H and O–H groups in total. The maximum atomic E-state index is 12.5. The van der Waals surface area contributed by atoms with Crippen molar-refractivity contribution in [1.82, 2.24) is 9.78 Å². The smallest absolute Gasteiger partial charge is 0.246 e. The van der Waals surface area contributed by atoms with Gasteiger partial charge < -0.3 is 10.1 Å². The van der Waals surface area contributed by atoms with Crippen LogP contribution in [0.25, 0.3) is 11.3 Å². The van der Waals surface area contributed by atoms with Crippen LogP contribution in [0, 0.1) is 18.3 Å². The van der Waals surface area contributed by atoms with Crippen molar-refractivity contribution in [1.29, 1.82) is 5.26 Å². The summed E-state index contributed by atoms with van der Waals surface area (Å²) in [4.78, 5) is 12.5. The van der Waals surface area contributed by atoms with Crippen molar-refractivity contribution in [2.75, 3.05) is 5.32 Å². The number of aromatic nitrogens is 2. The van der Waals surface area contributed by atoms with E-state index in [0.29, 0.717) is 17.9 Å². The van der Waals surface area contributed by atoms with Gasteiger partial charge >= 0.3 is 0 Å². The molecule has 2 heterocycles. The van der Waals surface area contributed by atoms with Crippen molar-refractivity contribution >= 4 is 11.6 Å². The van der Waals surface area contributed by atoms with Crippen molar-refractivity contribution in [3.05, 3.63) is 65.4 Å². The lowest BCUT2D eigenvalue weighted by Gasteiger charge is -2.19. The van der Waals surface area contributed by atoms with E-state index in [1.807, 2.05) is 25.1 Å². The Morgan fingerprint density at radius 2 is 2.19 bits per heavy atom. The summed E-state index contributed by atoms with van der Waals surface area (Å²) in [6.45, 7) is 2.51. The Labute approximate surface area is 150 Å². The van der Waals surface area contributed by atoms with E-state index < -0.39 is 0 Å². The first-order chi connectivity index (χ1) is 12.7. The number of hydrogen-bond acceptors (Lipinski definition) is 4. The molecule has 0 radical (unpaired) electrons. The molecule has 1 aromatic heterocycles. The molecule has 0 aliphatic carbocycles. The molecule has 2 aromatic carbocycles. The van der Waals surface area contributed by atoms with Crippen molar-refractivity contribution < 1.29 is 9.53 Å². The van der Waals surface area contributed by atoms with Crippen LogP contribution >= 0.6 is 0 Å². The molecule has 128 valence electrons. The number of aryl methyl sites for hydroxylation is 1. The van der Waals surface area contributed by atoms with Crippen molar-refractivity contribution in [2.45, 2.75) is 20.1 Å². The third-order valence-electron chi connectivity index (χ3n) is 4.30. The van der Waals surface area contributed by atoms with Crippen LogP contribution in [0.2, 0.25) is 0 Å². The summed E-state index contributed by atoms with van der Waals surface area (Å²) in [7, 11) is 0. The van der Waals surface area contributed by atoms with E-state index in [1.54, 1.807) is 35.1 Å². The number of carbonyl (C=O) groups excluding carboxylic acids is 1. The lowest BCUT2D eigenvalue weighted by molar-refractivity contribution is -0.116. The molecule has 6 nitrogen and oxygen atoms in total. The van der Waals surface area contributed by atoms with Crippen LogP contribution in [0.3, 0.4) is 0 Å². The van der Waals surface area contributed by atoms with Crippen LogP contribution in [-0.2, 0) is 17.9 Å². The van der Waals surface area contributed by atoms with E-state index in [-0.39, 0.29) is 12.5 Å². The molecule has 3 aromatic rings. The number of nitrogens with one attached hydrogen (secondary N) is 1. The average molecular weight is 344 g/mol. The molecular formula is C20H16N4O2. The summed E-state index contributed by atoms with van der Waals surface area (Å²) in [6, 6.07) is 15.0. The number of nitrogens with zero attached hydrogens (tertiary/aromatic N) is 3. The van der Waals surface area contributed by atoms with Gasteiger partial charge in [0.1, 0.15) is 25.0 Å². The molecule has 0 bridgehead atoms. The second-order valence-electron chi connectivity index (χ2n) is 6.17. The monoisotopic (exact) mass is 344 g/mol. The number of ether oxygens (including phenoxy) is 1. The summed E-state index contributed by atoms with van der Waals surface area (Å²) in [5.74, 6) is 0.555. The van der Waals surface area contributed by atoms with Gasteiger partial charge in [-0.05, 0) is 31.2 Å². The van der Waals surface area contributed by atoms with Crippen LogP contribution in [0.15, 0.2) is 48.7 Å². The van der Waals surface area contributed by atoms with E-state index in [2.05, 4.69) is 16.5 Å². The Morgan fingerprint density at radius 1 is 1.35 bits per heavy atom. The highest BCUT2D eigenvalue weighted by molar-refractivity contribution is 5.92. The van der Waals surface area contributed by atoms with Gasteiger partial charge in [-0.3, -0.25) is 9.48 Å². The predicted molar refractivity (Wildman–Crippen MR) is 96.5 cm³/mol. The number of nitriles is 1. The number of amides is 1. The van der Waals surface area contributed by atoms with Gasteiger partial charge in [-0.2, -0.15) is 10.4 Å². The van der Waals surface area contributed by atoms with Gasteiger partial charge in [0, 0.05) is 11.1 Å². The molecule has 0 unspecified atom stereocenters. The molecule has 4 rings (SSSR count). The van der Waals surface area contributed by atoms with Crippen LogP contribution in [0.1, 0.15) is 16.7 Å². The predicted octanol–water partition coefficient (Wildman–Crippen LogP) is 3.26. The molecule has 0 atom stereocenters. The Kier molecular flexibility index (Phi) is 3.90. The lowest BCUT2D eigenvalue weighted by atomic mass is 10.0. The third-order valence-corrected chi connectivity index (χ3v) is 4.30. The fourth-order valence-electron chi connectivity index (χ4n) is 3.09. The minimum absolute atomic E-state index is 0.0580. The number of carbonyl (C=O) groups is 1. The topological polar surface area (TPSA) is 79.9 Å². The van der Waals surface area contributed by atoms with Gasteiger partial charge in [0.15, 0.2) is 0 Å². The highest BCUT2D eigenvalue weighted by Gasteiger charge is 2.23.